The summed E-state index contributed by atoms with van der Waals surface area (Å²) in [6, 6.07) is 6.15. The van der Waals surface area contributed by atoms with E-state index in [1.54, 1.807) is 18.2 Å². The van der Waals surface area contributed by atoms with Gasteiger partial charge in [0.1, 0.15) is 5.82 Å². The normalized spacial score (nSPS) is 27.7. The minimum Gasteiger partial charge on any atom is -0.478 e. The van der Waals surface area contributed by atoms with Gasteiger partial charge in [-0.25, -0.2) is 9.18 Å². The smallest absolute Gasteiger partial charge is 0.332 e. The summed E-state index contributed by atoms with van der Waals surface area (Å²) in [5.41, 5.74) is 0.758. The lowest BCUT2D eigenvalue weighted by atomic mass is 9.66. The molecule has 1 aliphatic rings. The number of benzene rings is 1. The fourth-order valence-electron chi connectivity index (χ4n) is 2.85. The second-order valence-corrected chi connectivity index (χ2v) is 5.31. The van der Waals surface area contributed by atoms with Crippen molar-refractivity contribution < 1.29 is 14.3 Å². The van der Waals surface area contributed by atoms with Crippen LogP contribution in [0.1, 0.15) is 32.3 Å². The second-order valence-electron chi connectivity index (χ2n) is 5.31. The van der Waals surface area contributed by atoms with Gasteiger partial charge in [-0.3, -0.25) is 0 Å². The maximum absolute atomic E-state index is 13.0. The molecule has 0 aliphatic heterocycles. The predicted molar refractivity (Wildman–Crippen MR) is 67.9 cm³/mol. The number of carbonyl (C=O) groups is 1. The van der Waals surface area contributed by atoms with Gasteiger partial charge in [0, 0.05) is 11.0 Å². The van der Waals surface area contributed by atoms with E-state index in [0.717, 1.165) is 18.4 Å². The Morgan fingerprint density at radius 1 is 1.39 bits per heavy atom. The van der Waals surface area contributed by atoms with E-state index < -0.39 is 11.4 Å². The molecule has 18 heavy (non-hydrogen) atoms. The van der Waals surface area contributed by atoms with Crippen molar-refractivity contribution in [3.05, 3.63) is 47.3 Å². The zero-order valence-corrected chi connectivity index (χ0v) is 10.6. The predicted octanol–water partition coefficient (Wildman–Crippen LogP) is 3.52. The van der Waals surface area contributed by atoms with Crippen LogP contribution < -0.4 is 0 Å². The van der Waals surface area contributed by atoms with Gasteiger partial charge in [-0.15, -0.1) is 0 Å². The summed E-state index contributed by atoms with van der Waals surface area (Å²) in [6.45, 7) is 4.03. The van der Waals surface area contributed by atoms with Gasteiger partial charge in [-0.05, 0) is 36.5 Å². The van der Waals surface area contributed by atoms with Crippen LogP contribution in [0.3, 0.4) is 0 Å². The Balaban J connectivity index is 2.49. The van der Waals surface area contributed by atoms with Crippen molar-refractivity contribution in [3.63, 3.8) is 0 Å². The summed E-state index contributed by atoms with van der Waals surface area (Å²) in [5.74, 6) is -0.746. The molecule has 0 radical (unpaired) electrons. The average Bonchev–Trinajstić information content (AvgIpc) is 2.28. The van der Waals surface area contributed by atoms with Crippen LogP contribution >= 0.6 is 0 Å². The Morgan fingerprint density at radius 3 is 2.56 bits per heavy atom. The molecule has 1 aliphatic carbocycles. The van der Waals surface area contributed by atoms with Gasteiger partial charge in [0.2, 0.25) is 0 Å². The molecular weight excluding hydrogens is 231 g/mol. The molecule has 1 N–H and O–H groups in total. The first kappa shape index (κ1) is 12.8. The molecule has 0 bridgehead atoms. The molecular formula is C15H17FO2. The molecule has 0 amide bonds. The highest BCUT2D eigenvalue weighted by Gasteiger charge is 2.38. The van der Waals surface area contributed by atoms with E-state index >= 15 is 0 Å². The van der Waals surface area contributed by atoms with Crippen molar-refractivity contribution in [2.75, 3.05) is 0 Å². The molecule has 1 aromatic carbocycles. The maximum Gasteiger partial charge on any atom is 0.332 e. The Hall–Kier alpha value is -1.64. The van der Waals surface area contributed by atoms with Crippen molar-refractivity contribution in [2.24, 2.45) is 5.92 Å². The van der Waals surface area contributed by atoms with Crippen LogP contribution in [-0.4, -0.2) is 11.1 Å². The van der Waals surface area contributed by atoms with Crippen molar-refractivity contribution in [1.82, 2.24) is 0 Å². The average molecular weight is 248 g/mol. The monoisotopic (exact) mass is 248 g/mol. The van der Waals surface area contributed by atoms with Gasteiger partial charge < -0.3 is 5.11 Å². The molecule has 0 saturated heterocycles. The fourth-order valence-corrected chi connectivity index (χ4v) is 2.85. The number of carboxylic acid groups (broad SMARTS) is 1. The number of carboxylic acids is 1. The van der Waals surface area contributed by atoms with E-state index in [1.807, 2.05) is 6.92 Å². The van der Waals surface area contributed by atoms with E-state index in [0.29, 0.717) is 11.5 Å². The molecule has 0 saturated carbocycles. The van der Waals surface area contributed by atoms with E-state index in [9.17, 15) is 14.3 Å². The van der Waals surface area contributed by atoms with E-state index in [2.05, 4.69) is 6.92 Å². The number of halogens is 1. The Labute approximate surface area is 106 Å². The van der Waals surface area contributed by atoms with Crippen LogP contribution in [0, 0.1) is 11.7 Å². The summed E-state index contributed by atoms with van der Waals surface area (Å²) >= 11 is 0. The molecule has 2 rings (SSSR count). The molecule has 3 heteroatoms. The number of hydrogen-bond donors (Lipinski definition) is 1. The molecule has 0 aromatic heterocycles. The summed E-state index contributed by atoms with van der Waals surface area (Å²) in [6.07, 6.45) is 3.37. The Morgan fingerprint density at radius 2 is 2.00 bits per heavy atom. The van der Waals surface area contributed by atoms with Gasteiger partial charge >= 0.3 is 5.97 Å². The van der Waals surface area contributed by atoms with Crippen LogP contribution in [0.15, 0.2) is 35.9 Å². The van der Waals surface area contributed by atoms with Crippen LogP contribution in [0.2, 0.25) is 0 Å². The summed E-state index contributed by atoms with van der Waals surface area (Å²) in [5, 5.41) is 9.33. The Bertz CT molecular complexity index is 490. The first-order valence-corrected chi connectivity index (χ1v) is 6.13. The lowest BCUT2D eigenvalue weighted by molar-refractivity contribution is -0.133. The number of allylic oxidation sites excluding steroid dienone is 1. The highest BCUT2D eigenvalue weighted by atomic mass is 19.1. The third kappa shape index (κ3) is 2.17. The lowest BCUT2D eigenvalue weighted by Crippen LogP contribution is -2.34. The molecule has 2 atom stereocenters. The van der Waals surface area contributed by atoms with Gasteiger partial charge in [0.15, 0.2) is 0 Å². The number of aliphatic carboxylic acids is 1. The largest absolute Gasteiger partial charge is 0.478 e. The van der Waals surface area contributed by atoms with Crippen LogP contribution in [-0.2, 0) is 10.2 Å². The van der Waals surface area contributed by atoms with E-state index in [1.165, 1.54) is 12.1 Å². The first-order valence-electron chi connectivity index (χ1n) is 6.13. The lowest BCUT2D eigenvalue weighted by Gasteiger charge is -2.37. The summed E-state index contributed by atoms with van der Waals surface area (Å²) in [7, 11) is 0. The number of rotatable bonds is 2. The Kier molecular flexibility index (Phi) is 3.24. The third-order valence-corrected chi connectivity index (χ3v) is 3.79. The molecule has 1 aromatic rings. The molecule has 0 spiro atoms. The van der Waals surface area contributed by atoms with Crippen LogP contribution in [0.4, 0.5) is 4.39 Å². The minimum atomic E-state index is -0.881. The third-order valence-electron chi connectivity index (χ3n) is 3.79. The second kappa shape index (κ2) is 4.56. The number of hydrogen-bond acceptors (Lipinski definition) is 1. The van der Waals surface area contributed by atoms with E-state index in [4.69, 9.17) is 0 Å². The van der Waals surface area contributed by atoms with Gasteiger partial charge in [-0.1, -0.05) is 32.1 Å². The van der Waals surface area contributed by atoms with Crippen molar-refractivity contribution in [1.29, 1.82) is 0 Å². The summed E-state index contributed by atoms with van der Waals surface area (Å²) < 4.78 is 13.0. The fraction of sp³-hybridized carbons (Fsp3) is 0.400. The van der Waals surface area contributed by atoms with Crippen LogP contribution in [0.25, 0.3) is 0 Å². The standard InChI is InChI=1S/C15H17FO2/c1-10-3-8-13(14(17)18)15(2,9-10)11-4-6-12(16)7-5-11/h4-8,10H,3,9H2,1-2H3,(H,17,18). The van der Waals surface area contributed by atoms with Crippen molar-refractivity contribution in [3.8, 4) is 0 Å². The summed E-state index contributed by atoms with van der Waals surface area (Å²) in [4.78, 5) is 11.4. The highest BCUT2D eigenvalue weighted by molar-refractivity contribution is 5.90. The van der Waals surface area contributed by atoms with Crippen molar-refractivity contribution in [2.45, 2.75) is 32.1 Å². The van der Waals surface area contributed by atoms with E-state index in [-0.39, 0.29) is 5.82 Å². The molecule has 2 unspecified atom stereocenters. The topological polar surface area (TPSA) is 37.3 Å². The molecule has 0 fully saturated rings. The van der Waals surface area contributed by atoms with Gasteiger partial charge in [0.25, 0.3) is 0 Å². The molecule has 96 valence electrons. The zero-order valence-electron chi connectivity index (χ0n) is 10.6. The molecule has 0 heterocycles. The SMILES string of the molecule is CC1CC=C(C(=O)O)C(C)(c2ccc(F)cc2)C1. The first-order chi connectivity index (χ1) is 8.43. The maximum atomic E-state index is 13.0. The van der Waals surface area contributed by atoms with Gasteiger partial charge in [0.05, 0.1) is 0 Å². The quantitative estimate of drug-likeness (QED) is 0.869. The minimum absolute atomic E-state index is 0.299. The van der Waals surface area contributed by atoms with Gasteiger partial charge in [-0.2, -0.15) is 0 Å². The zero-order chi connectivity index (χ0) is 13.3. The highest BCUT2D eigenvalue weighted by Crippen LogP contribution is 2.42. The molecule has 2 nitrogen and oxygen atoms in total. The van der Waals surface area contributed by atoms with Crippen molar-refractivity contribution >= 4 is 5.97 Å². The van der Waals surface area contributed by atoms with Crippen LogP contribution in [0.5, 0.6) is 0 Å².